The predicted octanol–water partition coefficient (Wildman–Crippen LogP) is 5.03. The Hall–Kier alpha value is -3.71. The molecule has 0 unspecified atom stereocenters. The molecule has 7 nitrogen and oxygen atoms in total. The molecule has 1 heterocycles. The molecule has 0 bridgehead atoms. The standard InChI is InChI=1S/C29H34N2O5/c1-33-25-10-8-22(9-11-25)29(32)31(24-6-5-7-26(18-24)34-2)23-12-14-30(15-13-23)20-21-16-27(35-3)19-28(17-21)36-4/h5-11,16-19,23H,12-15,20H2,1-4H3. The lowest BCUT2D eigenvalue weighted by atomic mass is 10.00. The Morgan fingerprint density at radius 2 is 1.39 bits per heavy atom. The van der Waals surface area contributed by atoms with Crippen LogP contribution in [0, 0.1) is 0 Å². The molecule has 1 aliphatic rings. The minimum atomic E-state index is -0.0260. The first-order valence-electron chi connectivity index (χ1n) is 12.1. The number of hydrogen-bond donors (Lipinski definition) is 0. The molecule has 3 aromatic carbocycles. The van der Waals surface area contributed by atoms with Crippen LogP contribution in [0.4, 0.5) is 5.69 Å². The molecule has 0 N–H and O–H groups in total. The van der Waals surface area contributed by atoms with Crippen molar-refractivity contribution in [3.8, 4) is 23.0 Å². The molecule has 0 radical (unpaired) electrons. The molecule has 36 heavy (non-hydrogen) atoms. The van der Waals surface area contributed by atoms with Crippen LogP contribution in [-0.4, -0.2) is 58.4 Å². The van der Waals surface area contributed by atoms with Gasteiger partial charge in [0, 0.05) is 49.1 Å². The van der Waals surface area contributed by atoms with E-state index >= 15 is 0 Å². The van der Waals surface area contributed by atoms with Crippen LogP contribution in [0.5, 0.6) is 23.0 Å². The number of carbonyl (C=O) groups is 1. The maximum atomic E-state index is 13.8. The van der Waals surface area contributed by atoms with Gasteiger partial charge in [0.1, 0.15) is 23.0 Å². The number of anilines is 1. The third-order valence-electron chi connectivity index (χ3n) is 6.63. The zero-order valence-corrected chi connectivity index (χ0v) is 21.4. The molecule has 1 amide bonds. The van der Waals surface area contributed by atoms with Crippen LogP contribution < -0.4 is 23.8 Å². The molecule has 1 aliphatic heterocycles. The largest absolute Gasteiger partial charge is 0.497 e. The number of methoxy groups -OCH3 is 4. The van der Waals surface area contributed by atoms with E-state index in [9.17, 15) is 4.79 Å². The lowest BCUT2D eigenvalue weighted by molar-refractivity contribution is 0.0958. The normalized spacial score (nSPS) is 14.2. The highest BCUT2D eigenvalue weighted by Gasteiger charge is 2.30. The van der Waals surface area contributed by atoms with Gasteiger partial charge in [0.25, 0.3) is 5.91 Å². The molecule has 0 saturated carbocycles. The van der Waals surface area contributed by atoms with Crippen LogP contribution in [0.3, 0.4) is 0 Å². The van der Waals surface area contributed by atoms with Crippen molar-refractivity contribution < 1.29 is 23.7 Å². The molecule has 3 aromatic rings. The minimum absolute atomic E-state index is 0.0260. The van der Waals surface area contributed by atoms with E-state index in [-0.39, 0.29) is 11.9 Å². The Morgan fingerprint density at radius 1 is 0.778 bits per heavy atom. The fourth-order valence-corrected chi connectivity index (χ4v) is 4.68. The van der Waals surface area contributed by atoms with Gasteiger partial charge in [-0.15, -0.1) is 0 Å². The molecule has 4 rings (SSSR count). The highest BCUT2D eigenvalue weighted by atomic mass is 16.5. The number of carbonyl (C=O) groups excluding carboxylic acids is 1. The van der Waals surface area contributed by atoms with Crippen LogP contribution >= 0.6 is 0 Å². The van der Waals surface area contributed by atoms with E-state index < -0.39 is 0 Å². The Kier molecular flexibility index (Phi) is 8.33. The Bertz CT molecular complexity index is 1130. The highest BCUT2D eigenvalue weighted by Crippen LogP contribution is 2.30. The maximum Gasteiger partial charge on any atom is 0.258 e. The summed E-state index contributed by atoms with van der Waals surface area (Å²) in [5.74, 6) is 3.00. The molecule has 0 aromatic heterocycles. The van der Waals surface area contributed by atoms with Crippen molar-refractivity contribution in [3.63, 3.8) is 0 Å². The van der Waals surface area contributed by atoms with Gasteiger partial charge in [0.05, 0.1) is 28.4 Å². The number of hydrogen-bond acceptors (Lipinski definition) is 6. The van der Waals surface area contributed by atoms with E-state index in [1.54, 1.807) is 28.4 Å². The van der Waals surface area contributed by atoms with Crippen molar-refractivity contribution in [2.24, 2.45) is 0 Å². The topological polar surface area (TPSA) is 60.5 Å². The zero-order chi connectivity index (χ0) is 25.5. The van der Waals surface area contributed by atoms with Gasteiger partial charge in [-0.1, -0.05) is 6.07 Å². The SMILES string of the molecule is COc1ccc(C(=O)N(c2cccc(OC)c2)C2CCN(Cc3cc(OC)cc(OC)c3)CC2)cc1. The molecule has 190 valence electrons. The van der Waals surface area contributed by atoms with E-state index in [0.29, 0.717) is 5.56 Å². The number of benzene rings is 3. The second-order valence-corrected chi connectivity index (χ2v) is 8.83. The van der Waals surface area contributed by atoms with Gasteiger partial charge < -0.3 is 23.8 Å². The summed E-state index contributed by atoms with van der Waals surface area (Å²) in [7, 11) is 6.59. The van der Waals surface area contributed by atoms with E-state index in [1.807, 2.05) is 71.6 Å². The Balaban J connectivity index is 1.52. The Labute approximate surface area is 213 Å². The second-order valence-electron chi connectivity index (χ2n) is 8.83. The predicted molar refractivity (Wildman–Crippen MR) is 141 cm³/mol. The van der Waals surface area contributed by atoms with Crippen LogP contribution in [0.1, 0.15) is 28.8 Å². The molecule has 0 spiro atoms. The minimum Gasteiger partial charge on any atom is -0.497 e. The van der Waals surface area contributed by atoms with Gasteiger partial charge in [-0.2, -0.15) is 0 Å². The first-order chi connectivity index (χ1) is 17.5. The van der Waals surface area contributed by atoms with Crippen LogP contribution in [0.25, 0.3) is 0 Å². The average Bonchev–Trinajstić information content (AvgIpc) is 2.94. The molecule has 7 heteroatoms. The van der Waals surface area contributed by atoms with Crippen molar-refractivity contribution >= 4 is 11.6 Å². The van der Waals surface area contributed by atoms with Gasteiger partial charge in [0.15, 0.2) is 0 Å². The van der Waals surface area contributed by atoms with Gasteiger partial charge in [0.2, 0.25) is 0 Å². The van der Waals surface area contributed by atoms with Gasteiger partial charge in [-0.25, -0.2) is 0 Å². The number of rotatable bonds is 9. The summed E-state index contributed by atoms with van der Waals surface area (Å²) in [5.41, 5.74) is 2.61. The molecule has 0 atom stereocenters. The fourth-order valence-electron chi connectivity index (χ4n) is 4.68. The quantitative estimate of drug-likeness (QED) is 0.419. The summed E-state index contributed by atoms with van der Waals surface area (Å²) in [6.45, 7) is 2.55. The second kappa shape index (κ2) is 11.8. The van der Waals surface area contributed by atoms with Crippen molar-refractivity contribution in [1.29, 1.82) is 0 Å². The number of nitrogens with zero attached hydrogens (tertiary/aromatic N) is 2. The maximum absolute atomic E-state index is 13.8. The summed E-state index contributed by atoms with van der Waals surface area (Å²) >= 11 is 0. The van der Waals surface area contributed by atoms with Crippen molar-refractivity contribution in [3.05, 3.63) is 77.9 Å². The molecular weight excluding hydrogens is 456 g/mol. The van der Waals surface area contributed by atoms with Crippen molar-refractivity contribution in [1.82, 2.24) is 4.90 Å². The lowest BCUT2D eigenvalue weighted by Gasteiger charge is -2.39. The summed E-state index contributed by atoms with van der Waals surface area (Å²) in [4.78, 5) is 18.1. The first-order valence-corrected chi connectivity index (χ1v) is 12.1. The molecule has 1 fully saturated rings. The zero-order valence-electron chi connectivity index (χ0n) is 21.4. The summed E-state index contributed by atoms with van der Waals surface area (Å²) < 4.78 is 21.6. The highest BCUT2D eigenvalue weighted by molar-refractivity contribution is 6.06. The third kappa shape index (κ3) is 5.91. The first kappa shape index (κ1) is 25.4. The van der Waals surface area contributed by atoms with Crippen LogP contribution in [0.15, 0.2) is 66.7 Å². The van der Waals surface area contributed by atoms with Gasteiger partial charge >= 0.3 is 0 Å². The van der Waals surface area contributed by atoms with E-state index in [2.05, 4.69) is 4.90 Å². The van der Waals surface area contributed by atoms with E-state index in [1.165, 1.54) is 0 Å². The van der Waals surface area contributed by atoms with E-state index in [0.717, 1.165) is 66.7 Å². The Morgan fingerprint density at radius 3 is 1.97 bits per heavy atom. The fraction of sp³-hybridized carbons (Fsp3) is 0.345. The number of amides is 1. The molecular formula is C29H34N2O5. The number of ether oxygens (including phenoxy) is 4. The third-order valence-corrected chi connectivity index (χ3v) is 6.63. The summed E-state index contributed by atoms with van der Waals surface area (Å²) in [6.07, 6.45) is 1.72. The van der Waals surface area contributed by atoms with Crippen LogP contribution in [0.2, 0.25) is 0 Å². The van der Waals surface area contributed by atoms with Gasteiger partial charge in [-0.3, -0.25) is 9.69 Å². The van der Waals surface area contributed by atoms with Gasteiger partial charge in [-0.05, 0) is 66.9 Å². The van der Waals surface area contributed by atoms with Crippen molar-refractivity contribution in [2.75, 3.05) is 46.4 Å². The summed E-state index contributed by atoms with van der Waals surface area (Å²) in [5, 5.41) is 0. The summed E-state index contributed by atoms with van der Waals surface area (Å²) in [6, 6.07) is 21.0. The average molecular weight is 491 g/mol. The number of piperidine rings is 1. The van der Waals surface area contributed by atoms with E-state index in [4.69, 9.17) is 18.9 Å². The molecule has 0 aliphatic carbocycles. The lowest BCUT2D eigenvalue weighted by Crippen LogP contribution is -2.47. The van der Waals surface area contributed by atoms with Crippen molar-refractivity contribution in [2.45, 2.75) is 25.4 Å². The molecule has 1 saturated heterocycles. The number of likely N-dealkylation sites (tertiary alicyclic amines) is 1. The van der Waals surface area contributed by atoms with Crippen LogP contribution in [-0.2, 0) is 6.54 Å². The monoisotopic (exact) mass is 490 g/mol. The smallest absolute Gasteiger partial charge is 0.258 e.